The van der Waals surface area contributed by atoms with E-state index in [9.17, 15) is 22.0 Å². The highest BCUT2D eigenvalue weighted by Crippen LogP contribution is 2.30. The Balaban J connectivity index is 1.65. The summed E-state index contributed by atoms with van der Waals surface area (Å²) in [4.78, 5) is 12.3. The second-order valence-electron chi connectivity index (χ2n) is 6.37. The summed E-state index contributed by atoms with van der Waals surface area (Å²) in [6, 6.07) is 7.29. The molecular formula is C18H16Cl2F2N2O3S. The highest BCUT2D eigenvalue weighted by molar-refractivity contribution is 7.89. The fraction of sp³-hybridized carbons (Fsp3) is 0.278. The van der Waals surface area contributed by atoms with Gasteiger partial charge in [-0.3, -0.25) is 4.79 Å². The largest absolute Gasteiger partial charge is 0.326 e. The SMILES string of the molecule is O=C(Nc1ccc(F)c(F)c1)C1CCN(S(=O)(=O)c2cc(Cl)ccc2Cl)CC1. The van der Waals surface area contributed by atoms with Crippen molar-refractivity contribution in [3.8, 4) is 0 Å². The van der Waals surface area contributed by atoms with Crippen LogP contribution in [0.15, 0.2) is 41.3 Å². The summed E-state index contributed by atoms with van der Waals surface area (Å²) in [5.41, 5.74) is 0.143. The Morgan fingerprint density at radius 3 is 2.36 bits per heavy atom. The van der Waals surface area contributed by atoms with Crippen LogP contribution in [0, 0.1) is 17.6 Å². The number of hydrogen-bond acceptors (Lipinski definition) is 3. The second kappa shape index (κ2) is 8.32. The number of hydrogen-bond donors (Lipinski definition) is 1. The van der Waals surface area contributed by atoms with Gasteiger partial charge in [-0.15, -0.1) is 0 Å². The molecule has 0 spiro atoms. The fourth-order valence-electron chi connectivity index (χ4n) is 2.99. The molecule has 0 radical (unpaired) electrons. The van der Waals surface area contributed by atoms with Gasteiger partial charge >= 0.3 is 0 Å². The quantitative estimate of drug-likeness (QED) is 0.757. The Morgan fingerprint density at radius 1 is 1.04 bits per heavy atom. The van der Waals surface area contributed by atoms with Gasteiger partial charge < -0.3 is 5.32 Å². The van der Waals surface area contributed by atoms with Crippen LogP contribution in [0.2, 0.25) is 10.0 Å². The Kier molecular flexibility index (Phi) is 6.24. The summed E-state index contributed by atoms with van der Waals surface area (Å²) in [5, 5.41) is 2.85. The van der Waals surface area contributed by atoms with Crippen LogP contribution in [-0.2, 0) is 14.8 Å². The summed E-state index contributed by atoms with van der Waals surface area (Å²) < 4.78 is 53.1. The maximum absolute atomic E-state index is 13.3. The van der Waals surface area contributed by atoms with E-state index in [1.54, 1.807) is 0 Å². The van der Waals surface area contributed by atoms with E-state index in [1.165, 1.54) is 28.6 Å². The van der Waals surface area contributed by atoms with Crippen molar-refractivity contribution < 1.29 is 22.0 Å². The molecule has 0 unspecified atom stereocenters. The standard InChI is InChI=1S/C18H16Cl2F2N2O3S/c19-12-1-3-14(20)17(9-12)28(26,27)24-7-5-11(6-8-24)18(25)23-13-2-4-15(21)16(22)10-13/h1-4,9-11H,5-8H2,(H,23,25). The van der Waals surface area contributed by atoms with Crippen molar-refractivity contribution >= 4 is 44.8 Å². The molecule has 1 heterocycles. The second-order valence-corrected chi connectivity index (χ2v) is 9.12. The minimum Gasteiger partial charge on any atom is -0.326 e. The zero-order chi connectivity index (χ0) is 20.5. The molecule has 1 aliphatic rings. The third kappa shape index (κ3) is 4.46. The van der Waals surface area contributed by atoms with Gasteiger partial charge in [0.05, 0.1) is 5.02 Å². The molecule has 1 aliphatic heterocycles. The van der Waals surface area contributed by atoms with Crippen LogP contribution in [0.5, 0.6) is 0 Å². The van der Waals surface area contributed by atoms with E-state index in [2.05, 4.69) is 5.32 Å². The number of carbonyl (C=O) groups excluding carboxylic acids is 1. The number of sulfonamides is 1. The predicted molar refractivity (Wildman–Crippen MR) is 103 cm³/mol. The summed E-state index contributed by atoms with van der Waals surface area (Å²) in [7, 11) is -3.84. The normalized spacial score (nSPS) is 16.1. The van der Waals surface area contributed by atoms with E-state index in [0.717, 1.165) is 12.1 Å². The van der Waals surface area contributed by atoms with Gasteiger partial charge in [0.1, 0.15) is 4.90 Å². The van der Waals surface area contributed by atoms with Gasteiger partial charge in [0.2, 0.25) is 15.9 Å². The summed E-state index contributed by atoms with van der Waals surface area (Å²) >= 11 is 11.9. The van der Waals surface area contributed by atoms with E-state index >= 15 is 0 Å². The van der Waals surface area contributed by atoms with Gasteiger partial charge in [0.15, 0.2) is 11.6 Å². The number of rotatable bonds is 4. The highest BCUT2D eigenvalue weighted by atomic mass is 35.5. The van der Waals surface area contributed by atoms with Crippen LogP contribution < -0.4 is 5.32 Å². The molecule has 150 valence electrons. The molecule has 1 fully saturated rings. The lowest BCUT2D eigenvalue weighted by Gasteiger charge is -2.30. The van der Waals surface area contributed by atoms with Gasteiger partial charge in [-0.25, -0.2) is 17.2 Å². The molecule has 1 N–H and O–H groups in total. The Labute approximate surface area is 171 Å². The van der Waals surface area contributed by atoms with Gasteiger partial charge in [-0.1, -0.05) is 23.2 Å². The van der Waals surface area contributed by atoms with E-state index < -0.39 is 27.6 Å². The molecule has 0 aliphatic carbocycles. The molecule has 3 rings (SSSR count). The lowest BCUT2D eigenvalue weighted by molar-refractivity contribution is -0.120. The molecular weight excluding hydrogens is 433 g/mol. The van der Waals surface area contributed by atoms with Crippen LogP contribution >= 0.6 is 23.2 Å². The van der Waals surface area contributed by atoms with Crippen molar-refractivity contribution in [2.45, 2.75) is 17.7 Å². The summed E-state index contributed by atoms with van der Waals surface area (Å²) in [6.07, 6.45) is 0.569. The fourth-order valence-corrected chi connectivity index (χ4v) is 5.20. The molecule has 0 saturated carbocycles. The first-order valence-corrected chi connectivity index (χ1v) is 10.6. The molecule has 2 aromatic rings. The third-order valence-corrected chi connectivity index (χ3v) is 7.14. The van der Waals surface area contributed by atoms with Gasteiger partial charge in [-0.2, -0.15) is 4.31 Å². The molecule has 0 atom stereocenters. The molecule has 1 saturated heterocycles. The number of anilines is 1. The maximum Gasteiger partial charge on any atom is 0.244 e. The predicted octanol–water partition coefficient (Wildman–Crippen LogP) is 4.31. The molecule has 1 amide bonds. The molecule has 0 bridgehead atoms. The number of nitrogens with one attached hydrogen (secondary N) is 1. The summed E-state index contributed by atoms with van der Waals surface area (Å²) in [6.45, 7) is 0.252. The first-order valence-electron chi connectivity index (χ1n) is 8.39. The Hall–Kier alpha value is -1.74. The van der Waals surface area contributed by atoms with Crippen molar-refractivity contribution in [1.82, 2.24) is 4.31 Å². The lowest BCUT2D eigenvalue weighted by atomic mass is 9.97. The molecule has 28 heavy (non-hydrogen) atoms. The van der Waals surface area contributed by atoms with E-state index in [0.29, 0.717) is 0 Å². The van der Waals surface area contributed by atoms with Crippen molar-refractivity contribution in [1.29, 1.82) is 0 Å². The minimum atomic E-state index is -3.84. The number of halogens is 4. The van der Waals surface area contributed by atoms with Crippen molar-refractivity contribution in [3.63, 3.8) is 0 Å². The molecule has 5 nitrogen and oxygen atoms in total. The van der Waals surface area contributed by atoms with E-state index in [-0.39, 0.29) is 52.5 Å². The Bertz CT molecular complexity index is 1010. The van der Waals surface area contributed by atoms with Gasteiger partial charge in [0, 0.05) is 35.8 Å². The highest BCUT2D eigenvalue weighted by Gasteiger charge is 2.33. The minimum absolute atomic E-state index is 0.0719. The first kappa shape index (κ1) is 21.0. The van der Waals surface area contributed by atoms with E-state index in [1.807, 2.05) is 0 Å². The number of amides is 1. The number of nitrogens with zero attached hydrogens (tertiary/aromatic N) is 1. The number of carbonyl (C=O) groups is 1. The van der Waals surface area contributed by atoms with Crippen molar-refractivity contribution in [3.05, 3.63) is 58.1 Å². The average Bonchev–Trinajstić information content (AvgIpc) is 2.66. The molecule has 0 aromatic heterocycles. The Morgan fingerprint density at radius 2 is 1.71 bits per heavy atom. The zero-order valence-electron chi connectivity index (χ0n) is 14.5. The van der Waals surface area contributed by atoms with Crippen LogP contribution in [-0.4, -0.2) is 31.7 Å². The van der Waals surface area contributed by atoms with Crippen LogP contribution in [0.25, 0.3) is 0 Å². The monoisotopic (exact) mass is 448 g/mol. The smallest absolute Gasteiger partial charge is 0.244 e. The first-order chi connectivity index (χ1) is 13.2. The molecule has 2 aromatic carbocycles. The van der Waals surface area contributed by atoms with Crippen molar-refractivity contribution in [2.75, 3.05) is 18.4 Å². The third-order valence-electron chi connectivity index (χ3n) is 4.52. The van der Waals surface area contributed by atoms with E-state index in [4.69, 9.17) is 23.2 Å². The van der Waals surface area contributed by atoms with Crippen LogP contribution in [0.1, 0.15) is 12.8 Å². The lowest BCUT2D eigenvalue weighted by Crippen LogP contribution is -2.41. The molecule has 10 heteroatoms. The topological polar surface area (TPSA) is 66.5 Å². The van der Waals surface area contributed by atoms with Gasteiger partial charge in [0.25, 0.3) is 0 Å². The van der Waals surface area contributed by atoms with Crippen LogP contribution in [0.3, 0.4) is 0 Å². The summed E-state index contributed by atoms with van der Waals surface area (Å²) in [5.74, 6) is -2.88. The van der Waals surface area contributed by atoms with Gasteiger partial charge in [-0.05, 0) is 43.2 Å². The van der Waals surface area contributed by atoms with Crippen molar-refractivity contribution in [2.24, 2.45) is 5.92 Å². The average molecular weight is 449 g/mol. The number of benzene rings is 2. The zero-order valence-corrected chi connectivity index (χ0v) is 16.8. The number of piperidine rings is 1. The maximum atomic E-state index is 13.3. The van der Waals surface area contributed by atoms with Crippen LogP contribution in [0.4, 0.5) is 14.5 Å².